The molecule has 5 nitrogen and oxygen atoms in total. The third kappa shape index (κ3) is 4.05. The van der Waals surface area contributed by atoms with Crippen molar-refractivity contribution in [2.75, 3.05) is 13.1 Å². The van der Waals surface area contributed by atoms with Gasteiger partial charge in [0.15, 0.2) is 0 Å². The van der Waals surface area contributed by atoms with E-state index in [4.69, 9.17) is 4.74 Å². The molecule has 1 aromatic carbocycles. The highest BCUT2D eigenvalue weighted by Gasteiger charge is 2.32. The van der Waals surface area contributed by atoms with Crippen LogP contribution in [0.3, 0.4) is 0 Å². The Bertz CT molecular complexity index is 768. The van der Waals surface area contributed by atoms with E-state index in [0.717, 1.165) is 0 Å². The Kier molecular flexibility index (Phi) is 4.58. The van der Waals surface area contributed by atoms with E-state index in [1.807, 2.05) is 0 Å². The molecule has 1 aliphatic rings. The molecule has 2 heterocycles. The largest absolute Gasteiger partial charge is 0.487 e. The highest BCUT2D eigenvalue weighted by Crippen LogP contribution is 2.21. The number of ether oxygens (including phenoxy) is 1. The summed E-state index contributed by atoms with van der Waals surface area (Å²) in [4.78, 5) is 3.97. The van der Waals surface area contributed by atoms with Crippen LogP contribution in [0.2, 0.25) is 0 Å². The summed E-state index contributed by atoms with van der Waals surface area (Å²) in [5.41, 5.74) is 0.446. The second-order valence-corrected chi connectivity index (χ2v) is 7.43. The zero-order valence-electron chi connectivity index (χ0n) is 12.4. The van der Waals surface area contributed by atoms with Gasteiger partial charge < -0.3 is 4.74 Å². The molecule has 0 saturated carbocycles. The van der Waals surface area contributed by atoms with Gasteiger partial charge in [-0.15, -0.1) is 0 Å². The molecule has 0 N–H and O–H groups in total. The van der Waals surface area contributed by atoms with Crippen molar-refractivity contribution in [1.29, 1.82) is 0 Å². The lowest BCUT2D eigenvalue weighted by Gasteiger charge is -2.17. The maximum atomic E-state index is 13.2. The Labute approximate surface area is 134 Å². The minimum Gasteiger partial charge on any atom is -0.487 e. The van der Waals surface area contributed by atoms with Gasteiger partial charge in [0.25, 0.3) is 0 Å². The Morgan fingerprint density at radius 3 is 2.91 bits per heavy atom. The predicted octanol–water partition coefficient (Wildman–Crippen LogP) is 2.20. The highest BCUT2D eigenvalue weighted by atomic mass is 32.2. The van der Waals surface area contributed by atoms with Crippen LogP contribution in [0.4, 0.5) is 4.39 Å². The van der Waals surface area contributed by atoms with Crippen LogP contribution in [0.5, 0.6) is 5.75 Å². The topological polar surface area (TPSA) is 59.5 Å². The van der Waals surface area contributed by atoms with Crippen molar-refractivity contribution in [3.63, 3.8) is 0 Å². The number of benzene rings is 1. The summed E-state index contributed by atoms with van der Waals surface area (Å²) < 4.78 is 45.2. The molecule has 0 spiro atoms. The van der Waals surface area contributed by atoms with Crippen molar-refractivity contribution < 1.29 is 17.5 Å². The number of hydrogen-bond donors (Lipinski definition) is 0. The van der Waals surface area contributed by atoms with E-state index in [9.17, 15) is 12.8 Å². The quantitative estimate of drug-likeness (QED) is 0.840. The number of pyridine rings is 1. The molecule has 7 heteroatoms. The van der Waals surface area contributed by atoms with Crippen LogP contribution >= 0.6 is 0 Å². The molecule has 1 atom stereocenters. The molecule has 1 fully saturated rings. The van der Waals surface area contributed by atoms with Crippen molar-refractivity contribution in [1.82, 2.24) is 9.29 Å². The first-order valence-electron chi connectivity index (χ1n) is 7.32. The Balaban J connectivity index is 1.63. The van der Waals surface area contributed by atoms with Crippen LogP contribution in [-0.2, 0) is 15.8 Å². The summed E-state index contributed by atoms with van der Waals surface area (Å²) in [7, 11) is -3.48. The van der Waals surface area contributed by atoms with E-state index >= 15 is 0 Å². The van der Waals surface area contributed by atoms with E-state index in [1.165, 1.54) is 22.5 Å². The zero-order valence-corrected chi connectivity index (χ0v) is 13.2. The minimum absolute atomic E-state index is 0.193. The average Bonchev–Trinajstić information content (AvgIpc) is 2.97. The fourth-order valence-electron chi connectivity index (χ4n) is 2.58. The van der Waals surface area contributed by atoms with Gasteiger partial charge >= 0.3 is 0 Å². The van der Waals surface area contributed by atoms with Gasteiger partial charge in [0.1, 0.15) is 17.7 Å². The van der Waals surface area contributed by atoms with E-state index < -0.39 is 15.8 Å². The summed E-state index contributed by atoms with van der Waals surface area (Å²) in [6, 6.07) is 9.22. The summed E-state index contributed by atoms with van der Waals surface area (Å²) in [6.45, 7) is 0.703. The summed E-state index contributed by atoms with van der Waals surface area (Å²) in [5.74, 6) is -0.0107. The van der Waals surface area contributed by atoms with Crippen molar-refractivity contribution in [3.8, 4) is 5.75 Å². The van der Waals surface area contributed by atoms with Gasteiger partial charge in [-0.25, -0.2) is 12.8 Å². The molecule has 1 aliphatic heterocycles. The van der Waals surface area contributed by atoms with Crippen LogP contribution in [-0.4, -0.2) is 36.9 Å². The van der Waals surface area contributed by atoms with E-state index in [2.05, 4.69) is 4.98 Å². The number of sulfonamides is 1. The van der Waals surface area contributed by atoms with Crippen LogP contribution in [0.1, 0.15) is 12.0 Å². The van der Waals surface area contributed by atoms with Gasteiger partial charge in [-0.05, 0) is 36.2 Å². The lowest BCUT2D eigenvalue weighted by Crippen LogP contribution is -2.32. The number of hydrogen-bond acceptors (Lipinski definition) is 4. The second-order valence-electron chi connectivity index (χ2n) is 5.46. The van der Waals surface area contributed by atoms with Gasteiger partial charge in [-0.3, -0.25) is 4.98 Å². The summed E-state index contributed by atoms with van der Waals surface area (Å²) in [6.07, 6.45) is 3.68. The summed E-state index contributed by atoms with van der Waals surface area (Å²) >= 11 is 0. The van der Waals surface area contributed by atoms with Gasteiger partial charge in [0, 0.05) is 12.7 Å². The summed E-state index contributed by atoms with van der Waals surface area (Å²) in [5, 5.41) is 0. The molecule has 0 radical (unpaired) electrons. The smallest absolute Gasteiger partial charge is 0.218 e. The number of nitrogens with zero attached hydrogens (tertiary/aromatic N) is 2. The highest BCUT2D eigenvalue weighted by molar-refractivity contribution is 7.88. The van der Waals surface area contributed by atoms with Crippen LogP contribution in [0, 0.1) is 5.82 Å². The van der Waals surface area contributed by atoms with E-state index in [1.54, 1.807) is 30.6 Å². The van der Waals surface area contributed by atoms with Crippen molar-refractivity contribution in [2.45, 2.75) is 18.3 Å². The lowest BCUT2D eigenvalue weighted by atomic mass is 10.2. The maximum Gasteiger partial charge on any atom is 0.218 e. The Morgan fingerprint density at radius 2 is 2.17 bits per heavy atom. The normalized spacial score (nSPS) is 18.9. The standard InChI is InChI=1S/C16H17FN2O3S/c17-14-4-1-3-13(9-14)12-23(20,21)19-8-6-16(11-19)22-15-5-2-7-18-10-15/h1-5,7,9-10,16H,6,8,11-12H2. The third-order valence-corrected chi connectivity index (χ3v) is 5.49. The second kappa shape index (κ2) is 6.64. The Hall–Kier alpha value is -1.99. The molecule has 0 bridgehead atoms. The molecule has 0 amide bonds. The fourth-order valence-corrected chi connectivity index (χ4v) is 4.14. The first-order chi connectivity index (χ1) is 11.0. The van der Waals surface area contributed by atoms with E-state index in [-0.39, 0.29) is 11.9 Å². The molecule has 1 unspecified atom stereocenters. The number of aromatic nitrogens is 1. The number of halogens is 1. The van der Waals surface area contributed by atoms with E-state index in [0.29, 0.717) is 30.8 Å². The molecule has 1 saturated heterocycles. The van der Waals surface area contributed by atoms with Crippen molar-refractivity contribution in [2.24, 2.45) is 0 Å². The molecule has 1 aromatic heterocycles. The van der Waals surface area contributed by atoms with Crippen LogP contribution < -0.4 is 4.74 Å². The molecule has 2 aromatic rings. The van der Waals surface area contributed by atoms with Gasteiger partial charge in [-0.1, -0.05) is 12.1 Å². The lowest BCUT2D eigenvalue weighted by molar-refractivity contribution is 0.214. The Morgan fingerprint density at radius 1 is 1.30 bits per heavy atom. The third-order valence-electron chi connectivity index (χ3n) is 3.68. The predicted molar refractivity (Wildman–Crippen MR) is 83.9 cm³/mol. The van der Waals surface area contributed by atoms with Crippen molar-refractivity contribution >= 4 is 10.0 Å². The molecular formula is C16H17FN2O3S. The first-order valence-corrected chi connectivity index (χ1v) is 8.93. The molecule has 3 rings (SSSR count). The van der Waals surface area contributed by atoms with Gasteiger partial charge in [0.2, 0.25) is 10.0 Å². The SMILES string of the molecule is O=S(=O)(Cc1cccc(F)c1)N1CCC(Oc2cccnc2)C1. The minimum atomic E-state index is -3.48. The molecule has 23 heavy (non-hydrogen) atoms. The zero-order chi connectivity index (χ0) is 16.3. The fraction of sp³-hybridized carbons (Fsp3) is 0.312. The number of rotatable bonds is 5. The van der Waals surface area contributed by atoms with Crippen LogP contribution in [0.25, 0.3) is 0 Å². The molecule has 0 aliphatic carbocycles. The van der Waals surface area contributed by atoms with Crippen LogP contribution in [0.15, 0.2) is 48.8 Å². The first kappa shape index (κ1) is 15.9. The average molecular weight is 336 g/mol. The monoisotopic (exact) mass is 336 g/mol. The van der Waals surface area contributed by atoms with Gasteiger partial charge in [0.05, 0.1) is 18.5 Å². The van der Waals surface area contributed by atoms with Gasteiger partial charge in [-0.2, -0.15) is 4.31 Å². The van der Waals surface area contributed by atoms with Crippen molar-refractivity contribution in [3.05, 3.63) is 60.2 Å². The molecule has 122 valence electrons. The maximum absolute atomic E-state index is 13.2. The molecular weight excluding hydrogens is 319 g/mol.